The largest absolute Gasteiger partial charge is 0.497 e. The van der Waals surface area contributed by atoms with Gasteiger partial charge >= 0.3 is 0 Å². The van der Waals surface area contributed by atoms with E-state index in [2.05, 4.69) is 12.2 Å². The van der Waals surface area contributed by atoms with Gasteiger partial charge in [0.2, 0.25) is 11.8 Å². The van der Waals surface area contributed by atoms with Crippen LogP contribution in [0.3, 0.4) is 0 Å². The predicted molar refractivity (Wildman–Crippen MR) is 122 cm³/mol. The number of methoxy groups -OCH3 is 1. The monoisotopic (exact) mass is 442 g/mol. The molecule has 2 aromatic carbocycles. The molecule has 1 aliphatic heterocycles. The van der Waals surface area contributed by atoms with E-state index in [9.17, 15) is 14.4 Å². The highest BCUT2D eigenvalue weighted by Gasteiger charge is 2.67. The Morgan fingerprint density at radius 1 is 0.939 bits per heavy atom. The Labute approximate surface area is 192 Å². The molecule has 1 heterocycles. The maximum Gasteiger partial charge on any atom is 0.259 e. The number of imide groups is 1. The summed E-state index contributed by atoms with van der Waals surface area (Å²) in [5, 5.41) is 0. The quantitative estimate of drug-likeness (QED) is 0.524. The highest BCUT2D eigenvalue weighted by molar-refractivity contribution is 6.09. The van der Waals surface area contributed by atoms with E-state index in [1.54, 1.807) is 43.5 Å². The summed E-state index contributed by atoms with van der Waals surface area (Å²) in [7, 11) is 1.58. The van der Waals surface area contributed by atoms with Crippen molar-refractivity contribution in [2.75, 3.05) is 18.7 Å². The van der Waals surface area contributed by atoms with Crippen LogP contribution >= 0.6 is 0 Å². The van der Waals surface area contributed by atoms with Crippen molar-refractivity contribution in [3.8, 4) is 5.75 Å². The van der Waals surface area contributed by atoms with Crippen molar-refractivity contribution in [2.24, 2.45) is 35.5 Å². The zero-order valence-corrected chi connectivity index (χ0v) is 18.7. The lowest BCUT2D eigenvalue weighted by Gasteiger charge is -2.37. The number of anilines is 1. The van der Waals surface area contributed by atoms with E-state index in [0.717, 1.165) is 12.0 Å². The molecule has 2 bridgehead atoms. The smallest absolute Gasteiger partial charge is 0.259 e. The van der Waals surface area contributed by atoms with E-state index in [4.69, 9.17) is 4.74 Å². The summed E-state index contributed by atoms with van der Waals surface area (Å²) >= 11 is 0. The summed E-state index contributed by atoms with van der Waals surface area (Å²) in [6, 6.07) is 14.4. The van der Waals surface area contributed by atoms with E-state index in [1.807, 2.05) is 19.1 Å². The molecule has 6 unspecified atom stereocenters. The minimum atomic E-state index is -0.275. The maximum atomic E-state index is 13.6. The SMILES string of the molecule is COc1ccc(N(CN2C(=O)C3C4C=CC(C5CC45)C3C2=O)C(=O)c2ccc(C)cc2)cc1. The topological polar surface area (TPSA) is 66.9 Å². The molecule has 7 rings (SSSR count). The van der Waals surface area contributed by atoms with Crippen molar-refractivity contribution in [3.05, 3.63) is 71.8 Å². The Balaban J connectivity index is 1.33. The predicted octanol–water partition coefficient (Wildman–Crippen LogP) is 3.66. The van der Waals surface area contributed by atoms with Gasteiger partial charge in [0.05, 0.1) is 18.9 Å². The summed E-state index contributed by atoms with van der Waals surface area (Å²) < 4.78 is 5.25. The first-order valence-electron chi connectivity index (χ1n) is 11.5. The normalized spacial score (nSPS) is 30.8. The lowest BCUT2D eigenvalue weighted by Crippen LogP contribution is -2.45. The summed E-state index contributed by atoms with van der Waals surface area (Å²) in [5.74, 6) is 1.01. The van der Waals surface area contributed by atoms with Crippen LogP contribution in [-0.4, -0.2) is 36.4 Å². The highest BCUT2D eigenvalue weighted by atomic mass is 16.5. The average Bonchev–Trinajstić information content (AvgIpc) is 3.63. The van der Waals surface area contributed by atoms with Crippen molar-refractivity contribution in [1.29, 1.82) is 0 Å². The van der Waals surface area contributed by atoms with Crippen molar-refractivity contribution in [3.63, 3.8) is 0 Å². The van der Waals surface area contributed by atoms with Crippen LogP contribution in [0, 0.1) is 42.4 Å². The second kappa shape index (κ2) is 7.30. The highest BCUT2D eigenvalue weighted by Crippen LogP contribution is 2.65. The molecule has 3 fully saturated rings. The maximum absolute atomic E-state index is 13.6. The number of ether oxygens (including phenoxy) is 1. The number of carbonyl (C=O) groups excluding carboxylic acids is 3. The Morgan fingerprint density at radius 3 is 2.06 bits per heavy atom. The third-order valence-corrected chi connectivity index (χ3v) is 7.96. The van der Waals surface area contributed by atoms with Gasteiger partial charge in [-0.15, -0.1) is 0 Å². The Bertz CT molecular complexity index is 1130. The molecule has 33 heavy (non-hydrogen) atoms. The molecule has 0 N–H and O–H groups in total. The lowest BCUT2D eigenvalue weighted by molar-refractivity contribution is -0.140. The third kappa shape index (κ3) is 3.04. The molecular formula is C27H26N2O4. The Morgan fingerprint density at radius 2 is 1.52 bits per heavy atom. The van der Waals surface area contributed by atoms with Gasteiger partial charge in [-0.25, -0.2) is 0 Å². The van der Waals surface area contributed by atoms with Crippen LogP contribution < -0.4 is 9.64 Å². The van der Waals surface area contributed by atoms with Gasteiger partial charge in [0.1, 0.15) is 12.4 Å². The van der Waals surface area contributed by atoms with Gasteiger partial charge in [-0.3, -0.25) is 24.2 Å². The Hall–Kier alpha value is -3.41. The molecule has 1 saturated heterocycles. The van der Waals surface area contributed by atoms with Gasteiger partial charge in [0.25, 0.3) is 5.91 Å². The lowest BCUT2D eigenvalue weighted by atomic mass is 9.63. The van der Waals surface area contributed by atoms with Crippen LogP contribution in [-0.2, 0) is 9.59 Å². The summed E-state index contributed by atoms with van der Waals surface area (Å²) in [4.78, 5) is 43.4. The molecule has 4 aliphatic carbocycles. The first-order chi connectivity index (χ1) is 16.0. The van der Waals surface area contributed by atoms with Crippen LogP contribution in [0.4, 0.5) is 5.69 Å². The molecule has 168 valence electrons. The molecule has 0 aromatic heterocycles. The van der Waals surface area contributed by atoms with Gasteiger partial charge in [0, 0.05) is 11.3 Å². The average molecular weight is 443 g/mol. The zero-order chi connectivity index (χ0) is 22.9. The van der Waals surface area contributed by atoms with Crippen LogP contribution in [0.15, 0.2) is 60.7 Å². The number of hydrogen-bond donors (Lipinski definition) is 0. The standard InChI is InChI=1S/C27H26N2O4/c1-15-3-5-16(6-4-15)25(30)28(17-7-9-18(33-2)10-8-17)14-29-26(31)23-19-11-12-20(22-13-21(19)22)24(23)27(29)32/h3-12,19-24H,13-14H2,1-2H3. The van der Waals surface area contributed by atoms with E-state index in [1.165, 1.54) is 9.80 Å². The summed E-state index contributed by atoms with van der Waals surface area (Å²) in [6.07, 6.45) is 5.44. The number of amides is 3. The molecule has 0 radical (unpaired) electrons. The van der Waals surface area contributed by atoms with Crippen LogP contribution in [0.25, 0.3) is 0 Å². The molecule has 3 amide bonds. The number of aryl methyl sites for hydroxylation is 1. The third-order valence-electron chi connectivity index (χ3n) is 7.96. The second-order valence-electron chi connectivity index (χ2n) is 9.70. The Kier molecular flexibility index (Phi) is 4.47. The van der Waals surface area contributed by atoms with Gasteiger partial charge < -0.3 is 4.74 Å². The molecule has 0 spiro atoms. The van der Waals surface area contributed by atoms with Crippen LogP contribution in [0.5, 0.6) is 5.75 Å². The molecule has 6 atom stereocenters. The number of carbonyl (C=O) groups is 3. The molecular weight excluding hydrogens is 416 g/mol. The second-order valence-corrected chi connectivity index (χ2v) is 9.70. The zero-order valence-electron chi connectivity index (χ0n) is 18.7. The molecule has 6 nitrogen and oxygen atoms in total. The molecule has 2 saturated carbocycles. The number of allylic oxidation sites excluding steroid dienone is 2. The van der Waals surface area contributed by atoms with Crippen LogP contribution in [0.1, 0.15) is 22.3 Å². The van der Waals surface area contributed by atoms with E-state index in [0.29, 0.717) is 28.8 Å². The van der Waals surface area contributed by atoms with Crippen molar-refractivity contribution in [2.45, 2.75) is 13.3 Å². The molecule has 6 heteroatoms. The summed E-state index contributed by atoms with van der Waals surface area (Å²) in [5.41, 5.74) is 2.18. The van der Waals surface area contributed by atoms with E-state index in [-0.39, 0.29) is 48.1 Å². The van der Waals surface area contributed by atoms with E-state index >= 15 is 0 Å². The van der Waals surface area contributed by atoms with Crippen molar-refractivity contribution >= 4 is 23.4 Å². The molecule has 2 aromatic rings. The van der Waals surface area contributed by atoms with Crippen LogP contribution in [0.2, 0.25) is 0 Å². The first-order valence-corrected chi connectivity index (χ1v) is 11.5. The minimum Gasteiger partial charge on any atom is -0.497 e. The fourth-order valence-corrected chi connectivity index (χ4v) is 6.18. The number of hydrogen-bond acceptors (Lipinski definition) is 4. The number of nitrogens with zero attached hydrogens (tertiary/aromatic N) is 2. The van der Waals surface area contributed by atoms with E-state index < -0.39 is 0 Å². The summed E-state index contributed by atoms with van der Waals surface area (Å²) in [6.45, 7) is 1.88. The van der Waals surface area contributed by atoms with Gasteiger partial charge in [0.15, 0.2) is 0 Å². The van der Waals surface area contributed by atoms with Gasteiger partial charge in [-0.2, -0.15) is 0 Å². The van der Waals surface area contributed by atoms with Crippen molar-refractivity contribution < 1.29 is 19.1 Å². The van der Waals surface area contributed by atoms with Crippen molar-refractivity contribution in [1.82, 2.24) is 4.90 Å². The number of likely N-dealkylation sites (tertiary alicyclic amines) is 1. The van der Waals surface area contributed by atoms with Gasteiger partial charge in [-0.05, 0) is 73.4 Å². The number of benzene rings is 2. The van der Waals surface area contributed by atoms with Gasteiger partial charge in [-0.1, -0.05) is 29.8 Å². The number of rotatable bonds is 5. The minimum absolute atomic E-state index is 0.0848. The fraction of sp³-hybridized carbons (Fsp3) is 0.370. The molecule has 5 aliphatic rings. The first kappa shape index (κ1) is 20.2. The fourth-order valence-electron chi connectivity index (χ4n) is 6.18.